The van der Waals surface area contributed by atoms with Crippen LogP contribution in [0.5, 0.6) is 17.2 Å². The van der Waals surface area contributed by atoms with Crippen LogP contribution in [0, 0.1) is 0 Å². The van der Waals surface area contributed by atoms with Gasteiger partial charge in [-0.3, -0.25) is 0 Å². The summed E-state index contributed by atoms with van der Waals surface area (Å²) >= 11 is 0. The lowest BCUT2D eigenvalue weighted by Gasteiger charge is -2.32. The number of benzene rings is 1. The minimum absolute atomic E-state index is 0. The number of ether oxygens (including phenoxy) is 3. The molecule has 1 aliphatic heterocycles. The zero-order chi connectivity index (χ0) is 12.0. The second-order valence-corrected chi connectivity index (χ2v) is 4.25. The molecule has 1 heterocycles. The number of hydrogen-bond donors (Lipinski definition) is 1. The molecule has 3 rings (SSSR count). The highest BCUT2D eigenvalue weighted by molar-refractivity contribution is 5.85. The van der Waals surface area contributed by atoms with Crippen molar-refractivity contribution >= 4 is 12.4 Å². The Hall–Kier alpha value is -1.27. The number of hydrogen-bond acceptors (Lipinski definition) is 4. The molecule has 0 saturated heterocycles. The minimum atomic E-state index is -3.58. The fraction of sp³-hybridized carbons (Fsp3) is 0.455. The van der Waals surface area contributed by atoms with Crippen LogP contribution in [0.15, 0.2) is 18.2 Å². The van der Waals surface area contributed by atoms with E-state index in [4.69, 9.17) is 10.5 Å². The van der Waals surface area contributed by atoms with E-state index < -0.39 is 6.29 Å². The van der Waals surface area contributed by atoms with Crippen molar-refractivity contribution in [3.8, 4) is 17.2 Å². The van der Waals surface area contributed by atoms with Crippen LogP contribution in [-0.4, -0.2) is 18.4 Å². The number of fused-ring (bicyclic) bond motifs is 1. The van der Waals surface area contributed by atoms with Gasteiger partial charge in [-0.25, -0.2) is 0 Å². The molecule has 0 unspecified atom stereocenters. The number of alkyl halides is 2. The number of nitrogens with two attached hydrogens (primary N) is 1. The van der Waals surface area contributed by atoms with Gasteiger partial charge in [0.25, 0.3) is 0 Å². The van der Waals surface area contributed by atoms with Gasteiger partial charge in [0.1, 0.15) is 11.9 Å². The molecule has 0 bridgehead atoms. The summed E-state index contributed by atoms with van der Waals surface area (Å²) in [5.41, 5.74) is 5.62. The van der Waals surface area contributed by atoms with Crippen molar-refractivity contribution in [3.05, 3.63) is 18.2 Å². The first kappa shape index (κ1) is 13.2. The predicted molar refractivity (Wildman–Crippen MR) is 61.5 cm³/mol. The van der Waals surface area contributed by atoms with Crippen LogP contribution in [0.3, 0.4) is 0 Å². The third-order valence-electron chi connectivity index (χ3n) is 2.81. The highest BCUT2D eigenvalue weighted by Gasteiger charge is 2.43. The second-order valence-electron chi connectivity index (χ2n) is 4.25. The van der Waals surface area contributed by atoms with Crippen molar-refractivity contribution in [2.45, 2.75) is 31.3 Å². The molecule has 0 atom stereocenters. The predicted octanol–water partition coefficient (Wildman–Crippen LogP) is 2.30. The molecular formula is C11H12ClF2NO3. The minimum Gasteiger partial charge on any atom is -0.490 e. The quantitative estimate of drug-likeness (QED) is 0.902. The Kier molecular flexibility index (Phi) is 3.25. The molecule has 1 aromatic carbocycles. The van der Waals surface area contributed by atoms with Crippen LogP contribution in [0.25, 0.3) is 0 Å². The lowest BCUT2D eigenvalue weighted by Crippen LogP contribution is -2.43. The van der Waals surface area contributed by atoms with Gasteiger partial charge in [0.15, 0.2) is 11.5 Å². The molecule has 2 N–H and O–H groups in total. The molecule has 1 saturated carbocycles. The third kappa shape index (κ3) is 2.44. The van der Waals surface area contributed by atoms with Gasteiger partial charge >= 0.3 is 6.29 Å². The topological polar surface area (TPSA) is 53.7 Å². The monoisotopic (exact) mass is 279 g/mol. The highest BCUT2D eigenvalue weighted by atomic mass is 35.5. The summed E-state index contributed by atoms with van der Waals surface area (Å²) < 4.78 is 39.7. The first-order valence-corrected chi connectivity index (χ1v) is 5.34. The molecule has 4 nitrogen and oxygen atoms in total. The summed E-state index contributed by atoms with van der Waals surface area (Å²) in [4.78, 5) is 0. The Bertz CT molecular complexity index is 452. The Balaban J connectivity index is 0.00000120. The van der Waals surface area contributed by atoms with Gasteiger partial charge in [0, 0.05) is 12.1 Å². The first-order chi connectivity index (χ1) is 8.02. The smallest absolute Gasteiger partial charge is 0.490 e. The fourth-order valence-electron chi connectivity index (χ4n) is 1.90. The van der Waals surface area contributed by atoms with Crippen LogP contribution in [0.4, 0.5) is 8.78 Å². The fourth-order valence-corrected chi connectivity index (χ4v) is 1.90. The maximum atomic E-state index is 12.8. The molecule has 1 fully saturated rings. The Morgan fingerprint density at radius 3 is 2.56 bits per heavy atom. The Morgan fingerprint density at radius 2 is 1.89 bits per heavy atom. The summed E-state index contributed by atoms with van der Waals surface area (Å²) in [6, 6.07) is 4.57. The van der Waals surface area contributed by atoms with E-state index in [9.17, 15) is 8.78 Å². The normalized spacial score (nSPS) is 27.1. The van der Waals surface area contributed by atoms with Crippen LogP contribution in [-0.2, 0) is 0 Å². The van der Waals surface area contributed by atoms with Crippen molar-refractivity contribution in [2.24, 2.45) is 5.73 Å². The molecule has 0 radical (unpaired) electrons. The van der Waals surface area contributed by atoms with Crippen molar-refractivity contribution in [2.75, 3.05) is 0 Å². The van der Waals surface area contributed by atoms with Crippen molar-refractivity contribution in [1.82, 2.24) is 0 Å². The van der Waals surface area contributed by atoms with E-state index >= 15 is 0 Å². The van der Waals surface area contributed by atoms with Crippen LogP contribution in [0.2, 0.25) is 0 Å². The highest BCUT2D eigenvalue weighted by Crippen LogP contribution is 2.43. The van der Waals surface area contributed by atoms with Crippen LogP contribution in [0.1, 0.15) is 12.8 Å². The van der Waals surface area contributed by atoms with Gasteiger partial charge in [-0.05, 0) is 25.0 Å². The zero-order valence-corrected chi connectivity index (χ0v) is 10.1. The van der Waals surface area contributed by atoms with Gasteiger partial charge in [-0.2, -0.15) is 0 Å². The molecule has 100 valence electrons. The van der Waals surface area contributed by atoms with Gasteiger partial charge in [0.2, 0.25) is 0 Å². The van der Waals surface area contributed by atoms with Crippen LogP contribution < -0.4 is 19.9 Å². The Labute approximate surface area is 108 Å². The van der Waals surface area contributed by atoms with Gasteiger partial charge in [0.05, 0.1) is 0 Å². The largest absolute Gasteiger partial charge is 0.586 e. The Morgan fingerprint density at radius 1 is 1.22 bits per heavy atom. The van der Waals surface area contributed by atoms with E-state index in [-0.39, 0.29) is 36.1 Å². The second kappa shape index (κ2) is 4.44. The molecule has 1 aromatic rings. The molecule has 0 aromatic heterocycles. The summed E-state index contributed by atoms with van der Waals surface area (Å²) in [5, 5.41) is 0. The standard InChI is InChI=1S/C11H11F2NO3.ClH/c12-11(13)16-9-2-1-7(5-10(9)17-11)15-8-3-6(14)4-8;/h1-2,5-6,8H,3-4,14H2;1H. The van der Waals surface area contributed by atoms with Gasteiger partial charge < -0.3 is 19.9 Å². The van der Waals surface area contributed by atoms with E-state index in [1.54, 1.807) is 6.07 Å². The van der Waals surface area contributed by atoms with Gasteiger partial charge in [-0.15, -0.1) is 21.2 Å². The first-order valence-electron chi connectivity index (χ1n) is 5.34. The number of halogens is 3. The SMILES string of the molecule is Cl.NC1CC(Oc2ccc3c(c2)OC(F)(F)O3)C1. The average molecular weight is 280 g/mol. The van der Waals surface area contributed by atoms with Crippen molar-refractivity contribution < 1.29 is 23.0 Å². The third-order valence-corrected chi connectivity index (χ3v) is 2.81. The maximum Gasteiger partial charge on any atom is 0.586 e. The molecule has 18 heavy (non-hydrogen) atoms. The molecule has 0 amide bonds. The molecule has 1 aliphatic carbocycles. The molecule has 0 spiro atoms. The number of rotatable bonds is 2. The lowest BCUT2D eigenvalue weighted by atomic mass is 9.90. The van der Waals surface area contributed by atoms with Crippen LogP contribution >= 0.6 is 12.4 Å². The average Bonchev–Trinajstić information content (AvgIpc) is 2.48. The summed E-state index contributed by atoms with van der Waals surface area (Å²) in [7, 11) is 0. The van der Waals surface area contributed by atoms with Crippen molar-refractivity contribution in [1.29, 1.82) is 0 Å². The van der Waals surface area contributed by atoms with E-state index in [2.05, 4.69) is 9.47 Å². The maximum absolute atomic E-state index is 12.8. The van der Waals surface area contributed by atoms with Crippen molar-refractivity contribution in [3.63, 3.8) is 0 Å². The van der Waals surface area contributed by atoms with E-state index in [0.717, 1.165) is 12.8 Å². The summed E-state index contributed by atoms with van der Waals surface area (Å²) in [5.74, 6) is 0.505. The molecular weight excluding hydrogens is 268 g/mol. The van der Waals surface area contributed by atoms with E-state index in [1.807, 2.05) is 0 Å². The molecule has 7 heteroatoms. The van der Waals surface area contributed by atoms with E-state index in [1.165, 1.54) is 12.1 Å². The lowest BCUT2D eigenvalue weighted by molar-refractivity contribution is -0.286. The molecule has 2 aliphatic rings. The zero-order valence-electron chi connectivity index (χ0n) is 9.27. The van der Waals surface area contributed by atoms with E-state index in [0.29, 0.717) is 5.75 Å². The van der Waals surface area contributed by atoms with Gasteiger partial charge in [-0.1, -0.05) is 0 Å². The summed E-state index contributed by atoms with van der Waals surface area (Å²) in [6.07, 6.45) is -1.96. The summed E-state index contributed by atoms with van der Waals surface area (Å²) in [6.45, 7) is 0.